The molecule has 1 unspecified atom stereocenters. The monoisotopic (exact) mass is 409 g/mol. The van der Waals surface area contributed by atoms with Crippen LogP contribution >= 0.6 is 11.8 Å². The molecule has 1 aromatic heterocycles. The first-order valence-electron chi connectivity index (χ1n) is 9.34. The van der Waals surface area contributed by atoms with Crippen molar-refractivity contribution in [1.82, 2.24) is 15.1 Å². The van der Waals surface area contributed by atoms with Crippen LogP contribution in [0.3, 0.4) is 0 Å². The molecule has 1 atom stereocenters. The summed E-state index contributed by atoms with van der Waals surface area (Å²) in [6, 6.07) is 16.9. The summed E-state index contributed by atoms with van der Waals surface area (Å²) in [6.07, 6.45) is 0. The van der Waals surface area contributed by atoms with E-state index in [0.717, 1.165) is 10.2 Å². The molecule has 6 nitrogen and oxygen atoms in total. The minimum Gasteiger partial charge on any atom is -0.346 e. The van der Waals surface area contributed by atoms with E-state index in [1.54, 1.807) is 36.0 Å². The van der Waals surface area contributed by atoms with Crippen LogP contribution in [-0.4, -0.2) is 20.9 Å². The lowest BCUT2D eigenvalue weighted by Crippen LogP contribution is -2.28. The topological polar surface area (TPSA) is 84.0 Å². The number of hydrogen-bond acceptors (Lipinski definition) is 4. The highest BCUT2D eigenvalue weighted by molar-refractivity contribution is 7.99. The Morgan fingerprint density at radius 2 is 1.72 bits per heavy atom. The Morgan fingerprint density at radius 1 is 1.00 bits per heavy atom. The van der Waals surface area contributed by atoms with Gasteiger partial charge < -0.3 is 5.32 Å². The number of hydrogen-bond donors (Lipinski definition) is 2. The summed E-state index contributed by atoms with van der Waals surface area (Å²) in [6.45, 7) is 6.22. The third-order valence-corrected chi connectivity index (χ3v) is 5.30. The maximum absolute atomic E-state index is 12.7. The van der Waals surface area contributed by atoms with Crippen molar-refractivity contribution < 1.29 is 4.79 Å². The molecular weight excluding hydrogens is 386 g/mol. The molecule has 0 radical (unpaired) electrons. The van der Waals surface area contributed by atoms with Gasteiger partial charge in [-0.15, -0.1) is 11.8 Å². The van der Waals surface area contributed by atoms with Gasteiger partial charge in [0.05, 0.1) is 11.7 Å². The molecule has 3 aromatic rings. The molecule has 0 bridgehead atoms. The highest BCUT2D eigenvalue weighted by Crippen LogP contribution is 2.24. The number of carbonyl (C=O) groups excluding carboxylic acids is 1. The minimum absolute atomic E-state index is 0.177. The van der Waals surface area contributed by atoms with Gasteiger partial charge in [-0.25, -0.2) is 4.68 Å². The summed E-state index contributed by atoms with van der Waals surface area (Å²) in [5.74, 6) is -0.258. The van der Waals surface area contributed by atoms with Crippen LogP contribution in [0.1, 0.15) is 42.7 Å². The zero-order valence-corrected chi connectivity index (χ0v) is 17.3. The molecule has 1 heterocycles. The molecule has 0 aliphatic heterocycles. The Labute approximate surface area is 173 Å². The van der Waals surface area contributed by atoms with E-state index in [2.05, 4.69) is 36.4 Å². The van der Waals surface area contributed by atoms with E-state index in [1.165, 1.54) is 17.0 Å². The van der Waals surface area contributed by atoms with Crippen LogP contribution in [0.5, 0.6) is 0 Å². The predicted molar refractivity (Wildman–Crippen MR) is 116 cm³/mol. The molecule has 0 aliphatic rings. The van der Waals surface area contributed by atoms with Gasteiger partial charge in [0.2, 0.25) is 0 Å². The van der Waals surface area contributed by atoms with Crippen molar-refractivity contribution in [2.45, 2.75) is 37.0 Å². The number of benzene rings is 2. The van der Waals surface area contributed by atoms with Crippen LogP contribution in [0.4, 0.5) is 0 Å². The van der Waals surface area contributed by atoms with Crippen LogP contribution in [-0.2, 0) is 0 Å². The molecule has 0 saturated carbocycles. The summed E-state index contributed by atoms with van der Waals surface area (Å²) in [5.41, 5.74) is 1.05. The Bertz CT molecular complexity index is 1120. The maximum Gasteiger partial charge on any atom is 0.269 e. The Balaban J connectivity index is 1.76. The van der Waals surface area contributed by atoms with Crippen LogP contribution in [0, 0.1) is 0 Å². The number of H-pyrrole nitrogens is 1. The zero-order chi connectivity index (χ0) is 21.0. The first-order chi connectivity index (χ1) is 13.8. The van der Waals surface area contributed by atoms with Gasteiger partial charge in [0.1, 0.15) is 0 Å². The molecule has 1 amide bonds. The fourth-order valence-electron chi connectivity index (χ4n) is 2.87. The van der Waals surface area contributed by atoms with Crippen molar-refractivity contribution >= 4 is 17.7 Å². The van der Waals surface area contributed by atoms with Gasteiger partial charge in [0.15, 0.2) is 0 Å². The van der Waals surface area contributed by atoms with Crippen molar-refractivity contribution in [2.75, 3.05) is 0 Å². The van der Waals surface area contributed by atoms with Gasteiger partial charge in [-0.2, -0.15) is 0 Å². The van der Waals surface area contributed by atoms with Crippen LogP contribution < -0.4 is 16.4 Å². The Hall–Kier alpha value is -3.06. The van der Waals surface area contributed by atoms with Gasteiger partial charge >= 0.3 is 0 Å². The van der Waals surface area contributed by atoms with E-state index >= 15 is 0 Å². The van der Waals surface area contributed by atoms with E-state index in [-0.39, 0.29) is 17.5 Å². The quantitative estimate of drug-likeness (QED) is 0.610. The average Bonchev–Trinajstić information content (AvgIpc) is 2.70. The largest absolute Gasteiger partial charge is 0.346 e. The fraction of sp³-hybridized carbons (Fsp3) is 0.227. The summed E-state index contributed by atoms with van der Waals surface area (Å²) >= 11 is 1.79. The summed E-state index contributed by atoms with van der Waals surface area (Å²) in [4.78, 5) is 37.4. The molecule has 2 aromatic carbocycles. The smallest absolute Gasteiger partial charge is 0.269 e. The van der Waals surface area contributed by atoms with E-state index in [1.807, 2.05) is 19.1 Å². The summed E-state index contributed by atoms with van der Waals surface area (Å²) in [7, 11) is 0. The molecule has 0 aliphatic carbocycles. The fourth-order valence-corrected chi connectivity index (χ4v) is 3.71. The summed E-state index contributed by atoms with van der Waals surface area (Å²) in [5, 5.41) is 5.94. The maximum atomic E-state index is 12.7. The second kappa shape index (κ2) is 8.96. The third-order valence-electron chi connectivity index (χ3n) is 4.29. The van der Waals surface area contributed by atoms with Crippen molar-refractivity contribution in [1.29, 1.82) is 0 Å². The van der Waals surface area contributed by atoms with Gasteiger partial charge in [-0.1, -0.05) is 32.0 Å². The standard InChI is InChI=1S/C22H23N3O3S/c1-14(2)29-19-9-7-16(8-10-19)15(3)23-22(28)17-5-4-6-18(13-17)25-21(27)12-11-20(26)24-25/h4-15H,1-3H3,(H,23,28)(H,24,26). The molecule has 7 heteroatoms. The second-order valence-electron chi connectivity index (χ2n) is 6.96. The lowest BCUT2D eigenvalue weighted by molar-refractivity contribution is 0.0940. The Kier molecular flexibility index (Phi) is 6.39. The van der Waals surface area contributed by atoms with Crippen molar-refractivity contribution in [3.63, 3.8) is 0 Å². The molecule has 2 N–H and O–H groups in total. The Morgan fingerprint density at radius 3 is 2.41 bits per heavy atom. The van der Waals surface area contributed by atoms with Gasteiger partial charge in [-0.05, 0) is 42.8 Å². The molecule has 0 fully saturated rings. The first kappa shape index (κ1) is 20.7. The number of nitrogens with zero attached hydrogens (tertiary/aromatic N) is 1. The van der Waals surface area contributed by atoms with E-state index in [0.29, 0.717) is 16.5 Å². The molecule has 29 heavy (non-hydrogen) atoms. The number of nitrogens with one attached hydrogen (secondary N) is 2. The molecule has 3 rings (SSSR count). The van der Waals surface area contributed by atoms with Gasteiger partial charge in [0, 0.05) is 27.8 Å². The predicted octanol–water partition coefficient (Wildman–Crippen LogP) is 3.52. The zero-order valence-electron chi connectivity index (χ0n) is 16.5. The van der Waals surface area contributed by atoms with Gasteiger partial charge in [-0.3, -0.25) is 19.5 Å². The SMILES string of the molecule is CC(C)Sc1ccc(C(C)NC(=O)c2cccc(-n3[nH]c(=O)ccc3=O)c2)cc1. The van der Waals surface area contributed by atoms with Crippen molar-refractivity contribution in [3.8, 4) is 5.69 Å². The average molecular weight is 410 g/mol. The number of aromatic nitrogens is 2. The van der Waals surface area contributed by atoms with Crippen LogP contribution in [0.15, 0.2) is 75.1 Å². The van der Waals surface area contributed by atoms with Crippen LogP contribution in [0.25, 0.3) is 5.69 Å². The highest BCUT2D eigenvalue weighted by atomic mass is 32.2. The van der Waals surface area contributed by atoms with Gasteiger partial charge in [0.25, 0.3) is 17.0 Å². The highest BCUT2D eigenvalue weighted by Gasteiger charge is 2.13. The minimum atomic E-state index is -0.396. The van der Waals surface area contributed by atoms with Crippen molar-refractivity contribution in [3.05, 3.63) is 92.5 Å². The molecular formula is C22H23N3O3S. The second-order valence-corrected chi connectivity index (χ2v) is 8.61. The first-order valence-corrected chi connectivity index (χ1v) is 10.2. The number of amides is 1. The third kappa shape index (κ3) is 5.26. The molecule has 150 valence electrons. The number of aromatic amines is 1. The summed E-state index contributed by atoms with van der Waals surface area (Å²) < 4.78 is 1.12. The molecule has 0 saturated heterocycles. The number of thioether (sulfide) groups is 1. The lowest BCUT2D eigenvalue weighted by Gasteiger charge is -2.16. The van der Waals surface area contributed by atoms with Crippen LogP contribution in [0.2, 0.25) is 0 Å². The normalized spacial score (nSPS) is 12.0. The van der Waals surface area contributed by atoms with E-state index in [9.17, 15) is 14.4 Å². The lowest BCUT2D eigenvalue weighted by atomic mass is 10.1. The van der Waals surface area contributed by atoms with Crippen molar-refractivity contribution in [2.24, 2.45) is 0 Å². The van der Waals surface area contributed by atoms with E-state index < -0.39 is 5.56 Å². The molecule has 0 spiro atoms. The van der Waals surface area contributed by atoms with E-state index in [4.69, 9.17) is 0 Å². The number of rotatable bonds is 6. The number of carbonyl (C=O) groups is 1.